The number of anilines is 2. The number of rotatable bonds is 9. The number of fused-ring (bicyclic) bond motifs is 1. The first-order valence-electron chi connectivity index (χ1n) is 13.3. The van der Waals surface area contributed by atoms with Gasteiger partial charge in [0.2, 0.25) is 11.8 Å². The predicted molar refractivity (Wildman–Crippen MR) is 156 cm³/mol. The summed E-state index contributed by atoms with van der Waals surface area (Å²) in [5.74, 6) is -2.14. The summed E-state index contributed by atoms with van der Waals surface area (Å²) in [6.45, 7) is 1.25. The molecule has 14 heteroatoms. The topological polar surface area (TPSA) is 143 Å². The fourth-order valence-corrected chi connectivity index (χ4v) is 6.07. The van der Waals surface area contributed by atoms with Crippen LogP contribution in [-0.4, -0.2) is 74.3 Å². The molecule has 5 rings (SSSR count). The minimum absolute atomic E-state index is 0.0684. The van der Waals surface area contributed by atoms with E-state index in [1.807, 2.05) is 4.90 Å². The number of aliphatic hydroxyl groups is 1. The number of carbonyl (C=O) groups is 1. The number of nitrogens with zero attached hydrogens (tertiary/aromatic N) is 3. The maximum Gasteiger partial charge on any atom is 0.264 e. The van der Waals surface area contributed by atoms with Crippen LogP contribution in [0, 0.1) is 11.6 Å². The molecule has 1 fully saturated rings. The van der Waals surface area contributed by atoms with Crippen LogP contribution in [0.5, 0.6) is 11.6 Å². The van der Waals surface area contributed by atoms with E-state index in [1.165, 1.54) is 32.7 Å². The Morgan fingerprint density at radius 1 is 1.05 bits per heavy atom. The van der Waals surface area contributed by atoms with Gasteiger partial charge in [-0.05, 0) is 55.3 Å². The number of β-amino-alcohol motifs (C(OH)–C–C–N with tert-alkyl or cyclic N) is 1. The first-order chi connectivity index (χ1) is 20.6. The fraction of sp³-hybridized carbons (Fsp3) is 0.276. The predicted octanol–water partition coefficient (Wildman–Crippen LogP) is 3.79. The number of carbonyl (C=O) groups excluding carboxylic acids is 1. The highest BCUT2D eigenvalue weighted by atomic mass is 32.2. The van der Waals surface area contributed by atoms with Crippen molar-refractivity contribution in [1.29, 1.82) is 0 Å². The van der Waals surface area contributed by atoms with Gasteiger partial charge >= 0.3 is 0 Å². The second kappa shape index (κ2) is 12.5. The highest BCUT2D eigenvalue weighted by molar-refractivity contribution is 7.92. The van der Waals surface area contributed by atoms with E-state index < -0.39 is 32.7 Å². The molecule has 0 radical (unpaired) electrons. The van der Waals surface area contributed by atoms with Crippen molar-refractivity contribution in [1.82, 2.24) is 14.9 Å². The van der Waals surface area contributed by atoms with Crippen molar-refractivity contribution < 1.29 is 36.6 Å². The van der Waals surface area contributed by atoms with Crippen LogP contribution < -0.4 is 19.5 Å². The number of amides is 1. The van der Waals surface area contributed by atoms with Crippen molar-refractivity contribution in [3.05, 3.63) is 66.5 Å². The van der Waals surface area contributed by atoms with Crippen molar-refractivity contribution in [2.24, 2.45) is 0 Å². The molecule has 1 unspecified atom stereocenters. The molecule has 1 aliphatic rings. The largest absolute Gasteiger partial charge is 0.494 e. The Labute approximate surface area is 246 Å². The van der Waals surface area contributed by atoms with Gasteiger partial charge in [0.1, 0.15) is 27.9 Å². The Morgan fingerprint density at radius 3 is 2.58 bits per heavy atom. The summed E-state index contributed by atoms with van der Waals surface area (Å²) >= 11 is 0. The van der Waals surface area contributed by atoms with Crippen molar-refractivity contribution in [2.75, 3.05) is 43.9 Å². The van der Waals surface area contributed by atoms with Crippen LogP contribution in [0.15, 0.2) is 59.8 Å². The lowest BCUT2D eigenvalue weighted by atomic mass is 10.0. The minimum atomic E-state index is -4.47. The number of aromatic nitrogens is 2. The third-order valence-corrected chi connectivity index (χ3v) is 8.35. The Hall–Kier alpha value is -4.40. The molecule has 1 amide bonds. The molecule has 3 heterocycles. The number of halogens is 2. The number of hydrogen-bond donors (Lipinski definition) is 3. The molecule has 1 aliphatic heterocycles. The zero-order valence-electron chi connectivity index (χ0n) is 23.3. The SMILES string of the molecule is COc1ncc(-c2ccc3ncc(NC(=O)CN4CCCC(O)C4)c(OC)c3c2)cc1NS(=O)(=O)c1ccc(F)cc1F. The molecule has 2 aromatic carbocycles. The molecular formula is C29H29F2N5O6S. The zero-order chi connectivity index (χ0) is 30.7. The molecule has 0 bridgehead atoms. The maximum absolute atomic E-state index is 14.3. The molecule has 43 heavy (non-hydrogen) atoms. The first kappa shape index (κ1) is 30.1. The molecule has 3 N–H and O–H groups in total. The number of hydrogen-bond acceptors (Lipinski definition) is 9. The van der Waals surface area contributed by atoms with Gasteiger partial charge in [0, 0.05) is 29.8 Å². The second-order valence-electron chi connectivity index (χ2n) is 9.98. The van der Waals surface area contributed by atoms with Crippen LogP contribution in [-0.2, 0) is 14.8 Å². The highest BCUT2D eigenvalue weighted by Gasteiger charge is 2.23. The molecule has 0 saturated carbocycles. The van der Waals surface area contributed by atoms with Gasteiger partial charge in [-0.2, -0.15) is 0 Å². The number of nitrogens with one attached hydrogen (secondary N) is 2. The van der Waals surface area contributed by atoms with Crippen molar-refractivity contribution in [3.63, 3.8) is 0 Å². The Morgan fingerprint density at radius 2 is 1.86 bits per heavy atom. The van der Waals surface area contributed by atoms with E-state index in [1.54, 1.807) is 18.2 Å². The number of methoxy groups -OCH3 is 2. The van der Waals surface area contributed by atoms with Gasteiger partial charge in [0.25, 0.3) is 10.0 Å². The molecule has 0 spiro atoms. The molecular weight excluding hydrogens is 584 g/mol. The van der Waals surface area contributed by atoms with Crippen molar-refractivity contribution >= 4 is 38.2 Å². The number of ether oxygens (including phenoxy) is 2. The third kappa shape index (κ3) is 6.66. The first-order valence-corrected chi connectivity index (χ1v) is 14.8. The number of aliphatic hydroxyl groups excluding tert-OH is 1. The Balaban J connectivity index is 1.45. The summed E-state index contributed by atoms with van der Waals surface area (Å²) in [4.78, 5) is 22.6. The van der Waals surface area contributed by atoms with Gasteiger partial charge in [0.15, 0.2) is 5.75 Å². The van der Waals surface area contributed by atoms with Crippen LogP contribution in [0.25, 0.3) is 22.0 Å². The van der Waals surface area contributed by atoms with Gasteiger partial charge < -0.3 is 19.9 Å². The van der Waals surface area contributed by atoms with Crippen LogP contribution in [0.3, 0.4) is 0 Å². The molecule has 226 valence electrons. The summed E-state index contributed by atoms with van der Waals surface area (Å²) in [6, 6.07) is 8.84. The van der Waals surface area contributed by atoms with Crippen LogP contribution >= 0.6 is 0 Å². The Kier molecular flexibility index (Phi) is 8.71. The molecule has 4 aromatic rings. The molecule has 1 saturated heterocycles. The summed E-state index contributed by atoms with van der Waals surface area (Å²) in [7, 11) is -1.70. The smallest absolute Gasteiger partial charge is 0.264 e. The number of sulfonamides is 1. The zero-order valence-corrected chi connectivity index (χ0v) is 24.1. The monoisotopic (exact) mass is 613 g/mol. The summed E-state index contributed by atoms with van der Waals surface area (Å²) in [6.07, 6.45) is 4.04. The van der Waals surface area contributed by atoms with Gasteiger partial charge in [0.05, 0.1) is 38.6 Å². The molecule has 11 nitrogen and oxygen atoms in total. The van der Waals surface area contributed by atoms with Gasteiger partial charge in [-0.25, -0.2) is 22.2 Å². The van der Waals surface area contributed by atoms with Crippen molar-refractivity contribution in [3.8, 4) is 22.8 Å². The minimum Gasteiger partial charge on any atom is -0.494 e. The number of benzene rings is 2. The standard InChI is InChI=1S/C29H29F2N5O6S/c1-41-28-21-10-17(5-7-23(21)32-14-25(28)34-27(38)16-36-9-3-4-20(37)15-36)18-11-24(29(42-2)33-13-18)35-43(39,40)26-8-6-19(30)12-22(26)31/h5-8,10-14,20,35,37H,3-4,9,15-16H2,1-2H3,(H,34,38). The summed E-state index contributed by atoms with van der Waals surface area (Å²) in [5, 5.41) is 13.3. The third-order valence-electron chi connectivity index (χ3n) is 6.95. The highest BCUT2D eigenvalue weighted by Crippen LogP contribution is 2.36. The van der Waals surface area contributed by atoms with Crippen LogP contribution in [0.4, 0.5) is 20.2 Å². The quantitative estimate of drug-likeness (QED) is 0.257. The summed E-state index contributed by atoms with van der Waals surface area (Å²) in [5.41, 5.74) is 1.93. The van der Waals surface area contributed by atoms with E-state index in [0.29, 0.717) is 59.0 Å². The van der Waals surface area contributed by atoms with Crippen molar-refractivity contribution in [2.45, 2.75) is 23.8 Å². The molecule has 0 aliphatic carbocycles. The van der Waals surface area contributed by atoms with E-state index in [-0.39, 0.29) is 24.0 Å². The second-order valence-corrected chi connectivity index (χ2v) is 11.6. The van der Waals surface area contributed by atoms with Gasteiger partial charge in [-0.3, -0.25) is 19.4 Å². The lowest BCUT2D eigenvalue weighted by Crippen LogP contribution is -2.42. The number of piperidine rings is 1. The van der Waals surface area contributed by atoms with Crippen LogP contribution in [0.2, 0.25) is 0 Å². The average molecular weight is 614 g/mol. The fourth-order valence-electron chi connectivity index (χ4n) is 4.96. The molecule has 1 atom stereocenters. The average Bonchev–Trinajstić information content (AvgIpc) is 2.96. The van der Waals surface area contributed by atoms with Gasteiger partial charge in [-0.15, -0.1) is 0 Å². The maximum atomic E-state index is 14.3. The lowest BCUT2D eigenvalue weighted by Gasteiger charge is -2.29. The number of pyridine rings is 2. The summed E-state index contributed by atoms with van der Waals surface area (Å²) < 4.78 is 66.6. The lowest BCUT2D eigenvalue weighted by molar-refractivity contribution is -0.118. The Bertz CT molecular complexity index is 1790. The normalized spacial score (nSPS) is 15.7. The molecule has 2 aromatic heterocycles. The van der Waals surface area contributed by atoms with E-state index >= 15 is 0 Å². The van der Waals surface area contributed by atoms with Gasteiger partial charge in [-0.1, -0.05) is 6.07 Å². The number of likely N-dealkylation sites (tertiary alicyclic amines) is 1. The van der Waals surface area contributed by atoms with E-state index in [2.05, 4.69) is 20.0 Å². The van der Waals surface area contributed by atoms with E-state index in [9.17, 15) is 27.1 Å². The van der Waals surface area contributed by atoms with E-state index in [4.69, 9.17) is 9.47 Å². The van der Waals surface area contributed by atoms with Crippen LogP contribution in [0.1, 0.15) is 12.8 Å². The van der Waals surface area contributed by atoms with E-state index in [0.717, 1.165) is 18.6 Å².